The Balaban J connectivity index is 1.92. The smallest absolute Gasteiger partial charge is 0.338 e. The summed E-state index contributed by atoms with van der Waals surface area (Å²) < 4.78 is 11.2. The highest BCUT2D eigenvalue weighted by molar-refractivity contribution is 5.95. The van der Waals surface area contributed by atoms with Gasteiger partial charge in [-0.1, -0.05) is 30.3 Å². The number of para-hydroxylation sites is 1. The number of nitrogens with one attached hydrogen (secondary N) is 2. The molecule has 6 heteroatoms. The number of urea groups is 1. The second kappa shape index (κ2) is 7.95. The lowest BCUT2D eigenvalue weighted by atomic mass is 9.95. The van der Waals surface area contributed by atoms with Crippen molar-refractivity contribution in [2.45, 2.75) is 32.9 Å². The van der Waals surface area contributed by atoms with Crippen molar-refractivity contribution in [1.82, 2.24) is 10.6 Å². The van der Waals surface area contributed by atoms with E-state index < -0.39 is 12.0 Å². The van der Waals surface area contributed by atoms with Crippen molar-refractivity contribution < 1.29 is 19.1 Å². The van der Waals surface area contributed by atoms with Crippen LogP contribution in [-0.4, -0.2) is 18.1 Å². The summed E-state index contributed by atoms with van der Waals surface area (Å²) >= 11 is 0. The van der Waals surface area contributed by atoms with E-state index in [9.17, 15) is 9.59 Å². The van der Waals surface area contributed by atoms with E-state index >= 15 is 0 Å². The van der Waals surface area contributed by atoms with E-state index in [4.69, 9.17) is 9.47 Å². The Kier molecular flexibility index (Phi) is 5.45. The maximum atomic E-state index is 12.6. The molecular formula is C21H22N2O4. The average molecular weight is 366 g/mol. The summed E-state index contributed by atoms with van der Waals surface area (Å²) in [5.74, 6) is 0.852. The Hall–Kier alpha value is -3.28. The second-order valence-electron chi connectivity index (χ2n) is 6.51. The van der Waals surface area contributed by atoms with Crippen LogP contribution >= 0.6 is 0 Å². The van der Waals surface area contributed by atoms with Crippen molar-refractivity contribution in [3.63, 3.8) is 0 Å². The molecule has 1 aliphatic heterocycles. The minimum atomic E-state index is -0.621. The number of benzene rings is 2. The first-order valence-corrected chi connectivity index (χ1v) is 8.76. The number of esters is 1. The summed E-state index contributed by atoms with van der Waals surface area (Å²) in [5.41, 5.74) is 1.58. The molecule has 1 heterocycles. The number of ether oxygens (including phenoxy) is 2. The lowest BCUT2D eigenvalue weighted by Crippen LogP contribution is -2.45. The van der Waals surface area contributed by atoms with Gasteiger partial charge in [-0.15, -0.1) is 0 Å². The fourth-order valence-electron chi connectivity index (χ4n) is 2.87. The van der Waals surface area contributed by atoms with Crippen LogP contribution in [0.5, 0.6) is 11.5 Å². The summed E-state index contributed by atoms with van der Waals surface area (Å²) in [6, 6.07) is 15.7. The molecule has 0 unspecified atom stereocenters. The summed E-state index contributed by atoms with van der Waals surface area (Å²) in [6.45, 7) is 5.25. The first-order valence-electron chi connectivity index (χ1n) is 8.76. The van der Waals surface area contributed by atoms with Crippen molar-refractivity contribution in [3.05, 3.63) is 71.4 Å². The largest absolute Gasteiger partial charge is 0.459 e. The average Bonchev–Trinajstić information content (AvgIpc) is 2.61. The standard InChI is InChI=1S/C21H22N2O4/c1-13(2)26-20(24)18-14(3)22-21(25)23-19(18)15-8-7-11-17(12-15)27-16-9-5-4-6-10-16/h4-13,19H,1-3H3,(H2,22,23,25)/t19-/m1/s1. The Morgan fingerprint density at radius 1 is 1.04 bits per heavy atom. The minimum Gasteiger partial charge on any atom is -0.459 e. The zero-order chi connectivity index (χ0) is 19.4. The molecule has 1 atom stereocenters. The van der Waals surface area contributed by atoms with Crippen molar-refractivity contribution in [3.8, 4) is 11.5 Å². The topological polar surface area (TPSA) is 76.7 Å². The van der Waals surface area contributed by atoms with Gasteiger partial charge in [-0.25, -0.2) is 9.59 Å². The molecule has 0 bridgehead atoms. The van der Waals surface area contributed by atoms with Crippen molar-refractivity contribution in [2.24, 2.45) is 0 Å². The number of carbonyl (C=O) groups is 2. The second-order valence-corrected chi connectivity index (χ2v) is 6.51. The van der Waals surface area contributed by atoms with Gasteiger partial charge in [0.1, 0.15) is 11.5 Å². The van der Waals surface area contributed by atoms with E-state index in [0.29, 0.717) is 22.8 Å². The van der Waals surface area contributed by atoms with Crippen molar-refractivity contribution in [1.29, 1.82) is 0 Å². The molecular weight excluding hydrogens is 344 g/mol. The lowest BCUT2D eigenvalue weighted by molar-refractivity contribution is -0.143. The van der Waals surface area contributed by atoms with Gasteiger partial charge in [0.25, 0.3) is 0 Å². The van der Waals surface area contributed by atoms with Gasteiger partial charge in [-0.2, -0.15) is 0 Å². The van der Waals surface area contributed by atoms with Gasteiger partial charge in [0.05, 0.1) is 17.7 Å². The van der Waals surface area contributed by atoms with Crippen LogP contribution in [0.1, 0.15) is 32.4 Å². The number of carbonyl (C=O) groups excluding carboxylic acids is 2. The molecule has 0 aliphatic carbocycles. The van der Waals surface area contributed by atoms with E-state index in [2.05, 4.69) is 10.6 Å². The highest BCUT2D eigenvalue weighted by atomic mass is 16.5. The van der Waals surface area contributed by atoms with Crippen LogP contribution in [0.2, 0.25) is 0 Å². The van der Waals surface area contributed by atoms with Crippen molar-refractivity contribution >= 4 is 12.0 Å². The molecule has 3 rings (SSSR count). The normalized spacial score (nSPS) is 16.6. The number of hydrogen-bond acceptors (Lipinski definition) is 4. The van der Waals surface area contributed by atoms with E-state index in [-0.39, 0.29) is 12.1 Å². The third-order valence-corrected chi connectivity index (χ3v) is 4.00. The highest BCUT2D eigenvalue weighted by Gasteiger charge is 2.32. The number of rotatable bonds is 5. The van der Waals surface area contributed by atoms with Crippen LogP contribution in [-0.2, 0) is 9.53 Å². The van der Waals surface area contributed by atoms with Gasteiger partial charge in [0.15, 0.2) is 0 Å². The first kappa shape index (κ1) is 18.5. The fraction of sp³-hybridized carbons (Fsp3) is 0.238. The molecule has 0 saturated heterocycles. The molecule has 2 aromatic rings. The Bertz CT molecular complexity index is 875. The van der Waals surface area contributed by atoms with Crippen molar-refractivity contribution in [2.75, 3.05) is 0 Å². The third kappa shape index (κ3) is 4.47. The van der Waals surface area contributed by atoms with Gasteiger partial charge in [-0.05, 0) is 50.6 Å². The van der Waals surface area contributed by atoms with Gasteiger partial charge >= 0.3 is 12.0 Å². The predicted octanol–water partition coefficient (Wildman–Crippen LogP) is 4.06. The Morgan fingerprint density at radius 3 is 2.44 bits per heavy atom. The lowest BCUT2D eigenvalue weighted by Gasteiger charge is -2.28. The molecule has 0 spiro atoms. The molecule has 0 saturated carbocycles. The Morgan fingerprint density at radius 2 is 1.74 bits per heavy atom. The summed E-state index contributed by atoms with van der Waals surface area (Å²) in [4.78, 5) is 24.6. The maximum absolute atomic E-state index is 12.6. The Labute approximate surface area is 158 Å². The molecule has 2 aromatic carbocycles. The number of hydrogen-bond donors (Lipinski definition) is 2. The molecule has 2 N–H and O–H groups in total. The van der Waals surface area contributed by atoms with Gasteiger partial charge in [0, 0.05) is 5.70 Å². The summed E-state index contributed by atoms with van der Waals surface area (Å²) in [7, 11) is 0. The summed E-state index contributed by atoms with van der Waals surface area (Å²) in [6.07, 6.45) is -0.260. The fourth-order valence-corrected chi connectivity index (χ4v) is 2.87. The van der Waals surface area contributed by atoms with E-state index in [1.165, 1.54) is 0 Å². The number of amides is 2. The quantitative estimate of drug-likeness (QED) is 0.783. The molecule has 1 aliphatic rings. The zero-order valence-corrected chi connectivity index (χ0v) is 15.5. The van der Waals surface area contributed by atoms with Crippen LogP contribution < -0.4 is 15.4 Å². The molecule has 140 valence electrons. The molecule has 0 aromatic heterocycles. The van der Waals surface area contributed by atoms with Crippen LogP contribution in [0.15, 0.2) is 65.9 Å². The van der Waals surface area contributed by atoms with Crippen LogP contribution in [0.25, 0.3) is 0 Å². The first-order chi connectivity index (χ1) is 12.9. The molecule has 0 radical (unpaired) electrons. The SMILES string of the molecule is CC1=C(C(=O)OC(C)C)[C@@H](c2cccc(Oc3ccccc3)c2)NC(=O)N1. The van der Waals surface area contributed by atoms with E-state index in [1.807, 2.05) is 48.5 Å². The van der Waals surface area contributed by atoms with E-state index in [0.717, 1.165) is 5.56 Å². The summed E-state index contributed by atoms with van der Waals surface area (Å²) in [5, 5.41) is 5.43. The van der Waals surface area contributed by atoms with Gasteiger partial charge < -0.3 is 20.1 Å². The highest BCUT2D eigenvalue weighted by Crippen LogP contribution is 2.31. The van der Waals surface area contributed by atoms with Crippen LogP contribution in [0.4, 0.5) is 4.79 Å². The van der Waals surface area contributed by atoms with E-state index in [1.54, 1.807) is 26.8 Å². The molecule has 6 nitrogen and oxygen atoms in total. The molecule has 27 heavy (non-hydrogen) atoms. The molecule has 2 amide bonds. The molecule has 0 fully saturated rings. The monoisotopic (exact) mass is 366 g/mol. The zero-order valence-electron chi connectivity index (χ0n) is 15.5. The van der Waals surface area contributed by atoms with Crippen LogP contribution in [0.3, 0.4) is 0 Å². The van der Waals surface area contributed by atoms with Crippen LogP contribution in [0, 0.1) is 0 Å². The predicted molar refractivity (Wildman–Crippen MR) is 101 cm³/mol. The van der Waals surface area contributed by atoms with Gasteiger partial charge in [-0.3, -0.25) is 0 Å². The third-order valence-electron chi connectivity index (χ3n) is 4.00. The van der Waals surface area contributed by atoms with Gasteiger partial charge in [0.2, 0.25) is 0 Å². The minimum absolute atomic E-state index is 0.260. The maximum Gasteiger partial charge on any atom is 0.338 e. The number of allylic oxidation sites excluding steroid dienone is 1.